The molecule has 0 bridgehead atoms. The molecule has 10 heavy (non-hydrogen) atoms. The normalized spacial score (nSPS) is 10.0. The Balaban J connectivity index is 2.48. The number of nitrogens with zero attached hydrogens (tertiary/aromatic N) is 2. The number of nitrogens with one attached hydrogen (secondary N) is 1. The predicted octanol–water partition coefficient (Wildman–Crippen LogP) is 1.53. The van der Waals surface area contributed by atoms with Crippen LogP contribution in [-0.2, 0) is 0 Å². The maximum absolute atomic E-state index is 3.75. The van der Waals surface area contributed by atoms with E-state index < -0.39 is 0 Å². The molecule has 2 aromatic heterocycles. The lowest BCUT2D eigenvalue weighted by molar-refractivity contribution is 1.16. The molecule has 0 unspecified atom stereocenters. The molecular formula is C6H5N3S. The van der Waals surface area contributed by atoms with Crippen LogP contribution < -0.4 is 0 Å². The van der Waals surface area contributed by atoms with Crippen LogP contribution >= 0.6 is 11.5 Å². The summed E-state index contributed by atoms with van der Waals surface area (Å²) in [6.07, 6.45) is 3.63. The Morgan fingerprint density at radius 3 is 3.10 bits per heavy atom. The van der Waals surface area contributed by atoms with E-state index >= 15 is 0 Å². The van der Waals surface area contributed by atoms with Crippen LogP contribution in [0, 0.1) is 0 Å². The average molecular weight is 151 g/mol. The zero-order chi connectivity index (χ0) is 6.81. The van der Waals surface area contributed by atoms with Crippen molar-refractivity contribution in [2.75, 3.05) is 0 Å². The summed E-state index contributed by atoms with van der Waals surface area (Å²) in [4.78, 5) is 4.14. The van der Waals surface area contributed by atoms with Gasteiger partial charge in [0, 0.05) is 6.20 Å². The van der Waals surface area contributed by atoms with E-state index in [1.54, 1.807) is 6.20 Å². The van der Waals surface area contributed by atoms with E-state index in [-0.39, 0.29) is 0 Å². The van der Waals surface area contributed by atoms with Gasteiger partial charge in [0.25, 0.3) is 0 Å². The molecule has 0 aromatic carbocycles. The molecular weight excluding hydrogens is 146 g/mol. The van der Waals surface area contributed by atoms with Crippen LogP contribution in [0.1, 0.15) is 0 Å². The topological polar surface area (TPSA) is 41.6 Å². The molecule has 0 spiro atoms. The van der Waals surface area contributed by atoms with Gasteiger partial charge in [0.2, 0.25) is 0 Å². The van der Waals surface area contributed by atoms with Crippen molar-refractivity contribution in [1.82, 2.24) is 14.6 Å². The minimum atomic E-state index is 1.07. The van der Waals surface area contributed by atoms with Crippen molar-refractivity contribution >= 4 is 11.5 Å². The Hall–Kier alpha value is -1.16. The average Bonchev–Trinajstić information content (AvgIpc) is 2.59. The number of rotatable bonds is 1. The van der Waals surface area contributed by atoms with E-state index in [2.05, 4.69) is 14.6 Å². The molecule has 3 nitrogen and oxygen atoms in total. The van der Waals surface area contributed by atoms with Crippen molar-refractivity contribution in [1.29, 1.82) is 0 Å². The molecule has 0 saturated heterocycles. The van der Waals surface area contributed by atoms with E-state index in [1.165, 1.54) is 11.5 Å². The molecule has 0 fully saturated rings. The van der Waals surface area contributed by atoms with Gasteiger partial charge in [-0.3, -0.25) is 0 Å². The molecule has 0 radical (unpaired) electrons. The molecule has 4 heteroatoms. The molecule has 0 aliphatic rings. The molecule has 0 amide bonds. The molecule has 0 aliphatic heterocycles. The minimum absolute atomic E-state index is 1.07. The van der Waals surface area contributed by atoms with Crippen molar-refractivity contribution < 1.29 is 0 Å². The fraction of sp³-hybridized carbons (Fsp3) is 0. The summed E-state index contributed by atoms with van der Waals surface area (Å²) in [7, 11) is 0. The molecule has 0 atom stereocenters. The molecule has 50 valence electrons. The highest BCUT2D eigenvalue weighted by molar-refractivity contribution is 7.09. The van der Waals surface area contributed by atoms with Gasteiger partial charge in [-0.1, -0.05) is 4.49 Å². The number of aromatic nitrogens is 3. The van der Waals surface area contributed by atoms with Gasteiger partial charge < -0.3 is 4.98 Å². The Bertz CT molecular complexity index is 252. The van der Waals surface area contributed by atoms with E-state index in [9.17, 15) is 0 Å². The van der Waals surface area contributed by atoms with E-state index in [0.717, 1.165) is 10.6 Å². The number of aromatic amines is 1. The maximum atomic E-state index is 3.75. The fourth-order valence-electron chi connectivity index (χ4n) is 0.769. The fourth-order valence-corrected chi connectivity index (χ4v) is 1.27. The summed E-state index contributed by atoms with van der Waals surface area (Å²) < 4.78 is 3.75. The molecule has 1 N–H and O–H groups in total. The van der Waals surface area contributed by atoms with Gasteiger partial charge in [0.15, 0.2) is 0 Å². The van der Waals surface area contributed by atoms with Gasteiger partial charge in [-0.05, 0) is 23.7 Å². The van der Waals surface area contributed by atoms with Crippen LogP contribution in [-0.4, -0.2) is 14.6 Å². The summed E-state index contributed by atoms with van der Waals surface area (Å²) in [6, 6.07) is 3.95. The smallest absolute Gasteiger partial charge is 0.0916 e. The van der Waals surface area contributed by atoms with Gasteiger partial charge in [0.05, 0.1) is 16.8 Å². The maximum Gasteiger partial charge on any atom is 0.0916 e. The quantitative estimate of drug-likeness (QED) is 0.671. The predicted molar refractivity (Wildman–Crippen MR) is 39.7 cm³/mol. The third kappa shape index (κ3) is 0.823. The SMILES string of the molecule is c1c[nH]c(-c2cnns2)c1. The monoisotopic (exact) mass is 151 g/mol. The highest BCUT2D eigenvalue weighted by Crippen LogP contribution is 2.18. The second-order valence-electron chi connectivity index (χ2n) is 1.87. The largest absolute Gasteiger partial charge is 0.360 e. The first-order valence-corrected chi connectivity index (χ1v) is 3.65. The first-order chi connectivity index (χ1) is 4.97. The van der Waals surface area contributed by atoms with Crippen LogP contribution in [0.2, 0.25) is 0 Å². The second-order valence-corrected chi connectivity index (χ2v) is 2.65. The van der Waals surface area contributed by atoms with Crippen molar-refractivity contribution in [3.63, 3.8) is 0 Å². The van der Waals surface area contributed by atoms with Gasteiger partial charge in [-0.25, -0.2) is 0 Å². The first kappa shape index (κ1) is 5.61. The Morgan fingerprint density at radius 2 is 2.50 bits per heavy atom. The zero-order valence-corrected chi connectivity index (χ0v) is 5.93. The molecule has 2 aromatic rings. The van der Waals surface area contributed by atoms with Crippen molar-refractivity contribution in [3.05, 3.63) is 24.5 Å². The minimum Gasteiger partial charge on any atom is -0.360 e. The van der Waals surface area contributed by atoms with Gasteiger partial charge in [-0.15, -0.1) is 5.10 Å². The lowest BCUT2D eigenvalue weighted by Crippen LogP contribution is -1.66. The van der Waals surface area contributed by atoms with Gasteiger partial charge in [-0.2, -0.15) is 0 Å². The summed E-state index contributed by atoms with van der Waals surface area (Å²) >= 11 is 1.39. The van der Waals surface area contributed by atoms with Crippen molar-refractivity contribution in [2.24, 2.45) is 0 Å². The van der Waals surface area contributed by atoms with Crippen LogP contribution in [0.15, 0.2) is 24.5 Å². The van der Waals surface area contributed by atoms with E-state index in [1.807, 2.05) is 18.3 Å². The zero-order valence-electron chi connectivity index (χ0n) is 5.11. The summed E-state index contributed by atoms with van der Waals surface area (Å²) in [5, 5.41) is 3.73. The third-order valence-electron chi connectivity index (χ3n) is 1.22. The summed E-state index contributed by atoms with van der Waals surface area (Å²) in [6.45, 7) is 0. The van der Waals surface area contributed by atoms with Crippen molar-refractivity contribution in [2.45, 2.75) is 0 Å². The van der Waals surface area contributed by atoms with Gasteiger partial charge in [0.1, 0.15) is 0 Å². The third-order valence-corrected chi connectivity index (χ3v) is 1.92. The first-order valence-electron chi connectivity index (χ1n) is 2.88. The standard InChI is InChI=1S/C6H5N3S/c1-2-5(7-3-1)6-4-8-9-10-6/h1-4,7H. The molecule has 2 heterocycles. The highest BCUT2D eigenvalue weighted by Gasteiger charge is 1.97. The van der Waals surface area contributed by atoms with E-state index in [4.69, 9.17) is 0 Å². The van der Waals surface area contributed by atoms with Gasteiger partial charge >= 0.3 is 0 Å². The summed E-state index contributed by atoms with van der Waals surface area (Å²) in [5.41, 5.74) is 1.08. The Labute approximate surface area is 61.9 Å². The Kier molecular flexibility index (Phi) is 1.25. The van der Waals surface area contributed by atoms with Crippen LogP contribution in [0.5, 0.6) is 0 Å². The summed E-state index contributed by atoms with van der Waals surface area (Å²) in [5.74, 6) is 0. The molecule has 2 rings (SSSR count). The number of H-pyrrole nitrogens is 1. The second kappa shape index (κ2) is 2.22. The van der Waals surface area contributed by atoms with E-state index in [0.29, 0.717) is 0 Å². The highest BCUT2D eigenvalue weighted by atomic mass is 32.1. The van der Waals surface area contributed by atoms with Crippen molar-refractivity contribution in [3.8, 4) is 10.6 Å². The van der Waals surface area contributed by atoms with Crippen LogP contribution in [0.4, 0.5) is 0 Å². The Morgan fingerprint density at radius 1 is 1.50 bits per heavy atom. The molecule has 0 saturated carbocycles. The number of hydrogen-bond donors (Lipinski definition) is 1. The molecule has 0 aliphatic carbocycles. The lowest BCUT2D eigenvalue weighted by atomic mass is 10.4. The van der Waals surface area contributed by atoms with Crippen LogP contribution in [0.3, 0.4) is 0 Å². The lowest BCUT2D eigenvalue weighted by Gasteiger charge is -1.83. The van der Waals surface area contributed by atoms with Crippen LogP contribution in [0.25, 0.3) is 10.6 Å². The number of hydrogen-bond acceptors (Lipinski definition) is 3.